The van der Waals surface area contributed by atoms with Crippen molar-refractivity contribution in [1.29, 1.82) is 0 Å². The molecular formula is C21H22Cl2N4OS. The van der Waals surface area contributed by atoms with E-state index in [9.17, 15) is 0 Å². The molecule has 152 valence electrons. The minimum atomic E-state index is 0.478. The molecule has 8 heteroatoms. The zero-order valence-electron chi connectivity index (χ0n) is 16.4. The number of halogens is 2. The molecule has 0 aliphatic rings. The lowest BCUT2D eigenvalue weighted by Gasteiger charge is -2.12. The van der Waals surface area contributed by atoms with Gasteiger partial charge in [-0.25, -0.2) is 0 Å². The Balaban J connectivity index is 1.72. The van der Waals surface area contributed by atoms with Crippen molar-refractivity contribution in [2.45, 2.75) is 27.3 Å². The smallest absolute Gasteiger partial charge is 0.175 e. The number of aryl methyl sites for hydroxylation is 1. The average Bonchev–Trinajstić information content (AvgIpc) is 2.94. The van der Waals surface area contributed by atoms with E-state index < -0.39 is 0 Å². The van der Waals surface area contributed by atoms with E-state index in [-0.39, 0.29) is 0 Å². The molecule has 2 aromatic carbocycles. The summed E-state index contributed by atoms with van der Waals surface area (Å²) in [7, 11) is 0. The quantitative estimate of drug-likeness (QED) is 0.448. The number of benzene rings is 2. The van der Waals surface area contributed by atoms with Crippen LogP contribution in [0.25, 0.3) is 0 Å². The lowest BCUT2D eigenvalue weighted by molar-refractivity contribution is 0.340. The minimum absolute atomic E-state index is 0.478. The van der Waals surface area contributed by atoms with Crippen LogP contribution in [0.4, 0.5) is 11.4 Å². The van der Waals surface area contributed by atoms with E-state index in [2.05, 4.69) is 15.7 Å². The number of nitrogens with zero attached hydrogens (tertiary/aromatic N) is 2. The van der Waals surface area contributed by atoms with Crippen LogP contribution in [0.2, 0.25) is 10.0 Å². The number of anilines is 2. The van der Waals surface area contributed by atoms with Crippen molar-refractivity contribution in [2.24, 2.45) is 0 Å². The molecule has 0 radical (unpaired) electrons. The van der Waals surface area contributed by atoms with Crippen LogP contribution >= 0.6 is 35.4 Å². The van der Waals surface area contributed by atoms with Crippen molar-refractivity contribution >= 4 is 51.9 Å². The van der Waals surface area contributed by atoms with E-state index >= 15 is 0 Å². The van der Waals surface area contributed by atoms with E-state index in [1.807, 2.05) is 67.9 Å². The third-order valence-corrected chi connectivity index (χ3v) is 5.33. The van der Waals surface area contributed by atoms with Gasteiger partial charge in [-0.3, -0.25) is 4.68 Å². The van der Waals surface area contributed by atoms with Crippen LogP contribution in [0.1, 0.15) is 23.9 Å². The van der Waals surface area contributed by atoms with Gasteiger partial charge in [0, 0.05) is 21.3 Å². The Morgan fingerprint density at radius 2 is 1.72 bits per heavy atom. The van der Waals surface area contributed by atoms with E-state index in [0.29, 0.717) is 28.3 Å². The van der Waals surface area contributed by atoms with Crippen LogP contribution in [0.3, 0.4) is 0 Å². The van der Waals surface area contributed by atoms with Crippen LogP contribution in [-0.4, -0.2) is 21.5 Å². The van der Waals surface area contributed by atoms with Crippen LogP contribution < -0.4 is 15.4 Å². The predicted molar refractivity (Wildman–Crippen MR) is 125 cm³/mol. The minimum Gasteiger partial charge on any atom is -0.494 e. The Morgan fingerprint density at radius 3 is 2.34 bits per heavy atom. The van der Waals surface area contributed by atoms with Gasteiger partial charge in [-0.15, -0.1) is 0 Å². The van der Waals surface area contributed by atoms with Crippen molar-refractivity contribution in [3.63, 3.8) is 0 Å². The van der Waals surface area contributed by atoms with Crippen molar-refractivity contribution in [2.75, 3.05) is 17.2 Å². The first-order valence-electron chi connectivity index (χ1n) is 9.16. The van der Waals surface area contributed by atoms with Crippen molar-refractivity contribution in [1.82, 2.24) is 9.78 Å². The fourth-order valence-corrected chi connectivity index (χ4v) is 3.68. The largest absolute Gasteiger partial charge is 0.494 e. The molecule has 0 atom stereocenters. The van der Waals surface area contributed by atoms with Gasteiger partial charge in [0.2, 0.25) is 0 Å². The second-order valence-electron chi connectivity index (χ2n) is 6.44. The molecule has 0 aliphatic heterocycles. The number of hydrogen-bond donors (Lipinski definition) is 2. The van der Waals surface area contributed by atoms with Gasteiger partial charge in [0.15, 0.2) is 5.11 Å². The van der Waals surface area contributed by atoms with E-state index in [0.717, 1.165) is 34.1 Å². The molecule has 0 saturated carbocycles. The van der Waals surface area contributed by atoms with Gasteiger partial charge >= 0.3 is 0 Å². The molecular weight excluding hydrogens is 427 g/mol. The van der Waals surface area contributed by atoms with Gasteiger partial charge in [0.25, 0.3) is 0 Å². The van der Waals surface area contributed by atoms with Gasteiger partial charge in [-0.05, 0) is 69.4 Å². The Morgan fingerprint density at radius 1 is 1.07 bits per heavy atom. The second kappa shape index (κ2) is 9.48. The zero-order valence-corrected chi connectivity index (χ0v) is 18.8. The third kappa shape index (κ3) is 5.21. The van der Waals surface area contributed by atoms with Crippen LogP contribution in [0.15, 0.2) is 42.5 Å². The molecule has 0 saturated heterocycles. The lowest BCUT2D eigenvalue weighted by atomic mass is 10.2. The van der Waals surface area contributed by atoms with E-state index in [4.69, 9.17) is 40.2 Å². The fourth-order valence-electron chi connectivity index (χ4n) is 2.94. The molecule has 0 bridgehead atoms. The summed E-state index contributed by atoms with van der Waals surface area (Å²) in [6.45, 7) is 6.97. The third-order valence-electron chi connectivity index (χ3n) is 4.41. The second-order valence-corrected chi connectivity index (χ2v) is 7.66. The summed E-state index contributed by atoms with van der Waals surface area (Å²) in [6.07, 6.45) is 0. The highest BCUT2D eigenvalue weighted by atomic mass is 35.5. The normalized spacial score (nSPS) is 10.7. The monoisotopic (exact) mass is 448 g/mol. The SMILES string of the molecule is CCOc1ccc(NC(=S)Nc2c(C)nn(Cc3c(Cl)cccc3Cl)c2C)cc1. The first-order valence-corrected chi connectivity index (χ1v) is 10.3. The summed E-state index contributed by atoms with van der Waals surface area (Å²) in [4.78, 5) is 0. The maximum atomic E-state index is 6.30. The highest BCUT2D eigenvalue weighted by Gasteiger charge is 2.15. The van der Waals surface area contributed by atoms with Crippen molar-refractivity contribution < 1.29 is 4.74 Å². The Bertz CT molecular complexity index is 998. The van der Waals surface area contributed by atoms with Crippen molar-refractivity contribution in [3.05, 3.63) is 69.5 Å². The zero-order chi connectivity index (χ0) is 21.0. The summed E-state index contributed by atoms with van der Waals surface area (Å²) in [6, 6.07) is 13.1. The number of thiocarbonyl (C=S) groups is 1. The molecule has 1 heterocycles. The highest BCUT2D eigenvalue weighted by molar-refractivity contribution is 7.80. The number of aromatic nitrogens is 2. The Kier molecular flexibility index (Phi) is 7.00. The number of nitrogens with one attached hydrogen (secondary N) is 2. The molecule has 3 rings (SSSR count). The maximum Gasteiger partial charge on any atom is 0.175 e. The standard InChI is InChI=1S/C21H22Cl2N4OS/c1-4-28-16-10-8-15(9-11-16)24-21(29)25-20-13(2)26-27(14(20)3)12-17-18(22)6-5-7-19(17)23/h5-11H,4,12H2,1-3H3,(H2,24,25,29). The Labute approximate surface area is 186 Å². The molecule has 1 aromatic heterocycles. The molecule has 0 unspecified atom stereocenters. The van der Waals surface area contributed by atoms with Crippen LogP contribution in [-0.2, 0) is 6.54 Å². The Hall–Kier alpha value is -2.28. The van der Waals surface area contributed by atoms with E-state index in [1.54, 1.807) is 0 Å². The van der Waals surface area contributed by atoms with Crippen molar-refractivity contribution in [3.8, 4) is 5.75 Å². The molecule has 2 N–H and O–H groups in total. The molecule has 0 fully saturated rings. The first-order chi connectivity index (χ1) is 13.9. The van der Waals surface area contributed by atoms with Gasteiger partial charge in [0.05, 0.1) is 30.2 Å². The van der Waals surface area contributed by atoms with Gasteiger partial charge in [0.1, 0.15) is 5.75 Å². The number of ether oxygens (including phenoxy) is 1. The predicted octanol–water partition coefficient (Wildman–Crippen LogP) is 6.06. The average molecular weight is 449 g/mol. The summed E-state index contributed by atoms with van der Waals surface area (Å²) >= 11 is 18.1. The highest BCUT2D eigenvalue weighted by Crippen LogP contribution is 2.27. The summed E-state index contributed by atoms with van der Waals surface area (Å²) < 4.78 is 7.32. The number of rotatable bonds is 6. The number of hydrogen-bond acceptors (Lipinski definition) is 3. The van der Waals surface area contributed by atoms with Gasteiger partial charge < -0.3 is 15.4 Å². The molecule has 0 amide bonds. The van der Waals surface area contributed by atoms with E-state index in [1.165, 1.54) is 0 Å². The molecule has 3 aromatic rings. The molecule has 5 nitrogen and oxygen atoms in total. The van der Waals surface area contributed by atoms with Gasteiger partial charge in [-0.2, -0.15) is 5.10 Å². The maximum absolute atomic E-state index is 6.30. The fraction of sp³-hybridized carbons (Fsp3) is 0.238. The van der Waals surface area contributed by atoms with Crippen LogP contribution in [0.5, 0.6) is 5.75 Å². The lowest BCUT2D eigenvalue weighted by Crippen LogP contribution is -2.20. The topological polar surface area (TPSA) is 51.1 Å². The summed E-state index contributed by atoms with van der Waals surface area (Å²) in [5, 5.41) is 12.7. The summed E-state index contributed by atoms with van der Waals surface area (Å²) in [5.41, 5.74) is 4.34. The summed E-state index contributed by atoms with van der Waals surface area (Å²) in [5.74, 6) is 0.822. The molecule has 29 heavy (non-hydrogen) atoms. The van der Waals surface area contributed by atoms with Gasteiger partial charge in [-0.1, -0.05) is 29.3 Å². The first kappa shape index (κ1) is 21.4. The van der Waals surface area contributed by atoms with Crippen LogP contribution in [0, 0.1) is 13.8 Å². The molecule has 0 aliphatic carbocycles. The molecule has 0 spiro atoms.